The molecular weight excluding hydrogens is 222 g/mol. The molecule has 0 aliphatic heterocycles. The van der Waals surface area contributed by atoms with Crippen LogP contribution in [0.1, 0.15) is 29.6 Å². The summed E-state index contributed by atoms with van der Waals surface area (Å²) in [5, 5.41) is 1.08. The Bertz CT molecular complexity index is 621. The van der Waals surface area contributed by atoms with Gasteiger partial charge in [-0.15, -0.1) is 0 Å². The second-order valence-corrected chi connectivity index (χ2v) is 5.02. The number of aryl methyl sites for hydroxylation is 1. The number of ketones is 1. The molecule has 0 fully saturated rings. The molecule has 0 N–H and O–H groups in total. The van der Waals surface area contributed by atoms with E-state index in [0.717, 1.165) is 35.7 Å². The molecule has 0 spiro atoms. The van der Waals surface area contributed by atoms with Crippen LogP contribution >= 0.6 is 0 Å². The van der Waals surface area contributed by atoms with Gasteiger partial charge in [-0.05, 0) is 25.3 Å². The molecule has 1 unspecified atom stereocenters. The number of hydrogen-bond acceptors (Lipinski definition) is 1. The van der Waals surface area contributed by atoms with Gasteiger partial charge in [0.15, 0.2) is 5.78 Å². The van der Waals surface area contributed by atoms with Crippen molar-refractivity contribution in [1.82, 2.24) is 4.57 Å². The SMILES string of the molecule is Cn1cc(C(=O)C2CC=CCC2)c2ccccc21. The average Bonchev–Trinajstić information content (AvgIpc) is 2.77. The number of hydrogen-bond donors (Lipinski definition) is 0. The molecule has 1 aromatic heterocycles. The van der Waals surface area contributed by atoms with E-state index in [2.05, 4.69) is 18.2 Å². The van der Waals surface area contributed by atoms with E-state index < -0.39 is 0 Å². The third kappa shape index (κ3) is 1.78. The molecule has 3 rings (SSSR count). The smallest absolute Gasteiger partial charge is 0.168 e. The highest BCUT2D eigenvalue weighted by molar-refractivity contribution is 6.09. The molecule has 0 saturated carbocycles. The van der Waals surface area contributed by atoms with Crippen LogP contribution in [0.25, 0.3) is 10.9 Å². The van der Waals surface area contributed by atoms with Crippen molar-refractivity contribution >= 4 is 16.7 Å². The molecule has 0 saturated heterocycles. The van der Waals surface area contributed by atoms with E-state index in [1.165, 1.54) is 0 Å². The minimum absolute atomic E-state index is 0.167. The Morgan fingerprint density at radius 1 is 1.28 bits per heavy atom. The molecule has 1 aromatic carbocycles. The lowest BCUT2D eigenvalue weighted by atomic mass is 9.87. The first kappa shape index (κ1) is 11.3. The lowest BCUT2D eigenvalue weighted by Gasteiger charge is -2.15. The maximum Gasteiger partial charge on any atom is 0.168 e. The molecule has 92 valence electrons. The van der Waals surface area contributed by atoms with Crippen LogP contribution in [0.4, 0.5) is 0 Å². The van der Waals surface area contributed by atoms with E-state index in [-0.39, 0.29) is 5.92 Å². The van der Waals surface area contributed by atoms with Gasteiger partial charge >= 0.3 is 0 Å². The molecule has 1 aliphatic rings. The number of para-hydroxylation sites is 1. The van der Waals surface area contributed by atoms with Gasteiger partial charge in [0.25, 0.3) is 0 Å². The summed E-state index contributed by atoms with van der Waals surface area (Å²) in [6.45, 7) is 0. The standard InChI is InChI=1S/C16H17NO/c1-17-11-14(13-9-5-6-10-15(13)17)16(18)12-7-3-2-4-8-12/h2-3,5-6,9-12H,4,7-8H2,1H3. The van der Waals surface area contributed by atoms with Crippen LogP contribution in [-0.4, -0.2) is 10.4 Å². The predicted octanol–water partition coefficient (Wildman–Crippen LogP) is 3.72. The van der Waals surface area contributed by atoms with E-state index in [4.69, 9.17) is 0 Å². The van der Waals surface area contributed by atoms with Gasteiger partial charge in [0.05, 0.1) is 0 Å². The number of rotatable bonds is 2. The third-order valence-corrected chi connectivity index (χ3v) is 3.80. The van der Waals surface area contributed by atoms with Gasteiger partial charge in [-0.1, -0.05) is 30.4 Å². The van der Waals surface area contributed by atoms with Crippen LogP contribution in [0.5, 0.6) is 0 Å². The maximum atomic E-state index is 12.6. The molecule has 1 aliphatic carbocycles. The second kappa shape index (κ2) is 4.45. The Kier molecular flexibility index (Phi) is 2.78. The van der Waals surface area contributed by atoms with Crippen LogP contribution in [0.2, 0.25) is 0 Å². The van der Waals surface area contributed by atoms with E-state index in [1.807, 2.05) is 36.0 Å². The molecule has 1 heterocycles. The van der Waals surface area contributed by atoms with Crippen LogP contribution in [0.3, 0.4) is 0 Å². The number of allylic oxidation sites excluding steroid dienone is 2. The molecular formula is C16H17NO. The fourth-order valence-electron chi connectivity index (χ4n) is 2.79. The van der Waals surface area contributed by atoms with E-state index in [9.17, 15) is 4.79 Å². The van der Waals surface area contributed by atoms with Crippen molar-refractivity contribution in [2.45, 2.75) is 19.3 Å². The number of Topliss-reactive ketones (excluding diaryl/α,β-unsaturated/α-hetero) is 1. The Hall–Kier alpha value is -1.83. The highest BCUT2D eigenvalue weighted by Crippen LogP contribution is 2.27. The molecule has 2 aromatic rings. The number of fused-ring (bicyclic) bond motifs is 1. The second-order valence-electron chi connectivity index (χ2n) is 5.02. The minimum atomic E-state index is 0.167. The highest BCUT2D eigenvalue weighted by Gasteiger charge is 2.23. The summed E-state index contributed by atoms with van der Waals surface area (Å²) in [4.78, 5) is 12.6. The van der Waals surface area contributed by atoms with Crippen molar-refractivity contribution in [2.24, 2.45) is 13.0 Å². The number of nitrogens with zero attached hydrogens (tertiary/aromatic N) is 1. The Morgan fingerprint density at radius 2 is 2.11 bits per heavy atom. The van der Waals surface area contributed by atoms with Crippen molar-refractivity contribution < 1.29 is 4.79 Å². The molecule has 0 bridgehead atoms. The summed E-state index contributed by atoms with van der Waals surface area (Å²) in [6.07, 6.45) is 9.19. The highest BCUT2D eigenvalue weighted by atomic mass is 16.1. The summed E-state index contributed by atoms with van der Waals surface area (Å²) in [5.41, 5.74) is 2.01. The average molecular weight is 239 g/mol. The van der Waals surface area contributed by atoms with Crippen LogP contribution in [0, 0.1) is 5.92 Å². The molecule has 0 amide bonds. The lowest BCUT2D eigenvalue weighted by molar-refractivity contribution is 0.0914. The minimum Gasteiger partial charge on any atom is -0.350 e. The summed E-state index contributed by atoms with van der Waals surface area (Å²) >= 11 is 0. The van der Waals surface area contributed by atoms with Crippen molar-refractivity contribution in [3.05, 3.63) is 48.2 Å². The Balaban J connectivity index is 2.03. The number of carbonyl (C=O) groups excluding carboxylic acids is 1. The van der Waals surface area contributed by atoms with E-state index in [1.54, 1.807) is 0 Å². The number of aromatic nitrogens is 1. The topological polar surface area (TPSA) is 22.0 Å². The summed E-state index contributed by atoms with van der Waals surface area (Å²) in [6, 6.07) is 8.12. The van der Waals surface area contributed by atoms with Crippen molar-refractivity contribution in [2.75, 3.05) is 0 Å². The van der Waals surface area contributed by atoms with Crippen LogP contribution in [0.15, 0.2) is 42.6 Å². The van der Waals surface area contributed by atoms with Gasteiger partial charge in [0.1, 0.15) is 0 Å². The predicted molar refractivity (Wildman–Crippen MR) is 73.7 cm³/mol. The lowest BCUT2D eigenvalue weighted by Crippen LogP contribution is -2.15. The first-order valence-corrected chi connectivity index (χ1v) is 6.50. The van der Waals surface area contributed by atoms with Gasteiger partial charge < -0.3 is 4.57 Å². The summed E-state index contributed by atoms with van der Waals surface area (Å²) in [7, 11) is 2.00. The van der Waals surface area contributed by atoms with Crippen LogP contribution in [-0.2, 0) is 7.05 Å². The molecule has 1 atom stereocenters. The molecule has 18 heavy (non-hydrogen) atoms. The first-order valence-electron chi connectivity index (χ1n) is 6.50. The maximum absolute atomic E-state index is 12.6. The Morgan fingerprint density at radius 3 is 2.89 bits per heavy atom. The van der Waals surface area contributed by atoms with Gasteiger partial charge in [-0.3, -0.25) is 4.79 Å². The zero-order valence-electron chi connectivity index (χ0n) is 10.6. The number of carbonyl (C=O) groups is 1. The van der Waals surface area contributed by atoms with Crippen molar-refractivity contribution in [3.8, 4) is 0 Å². The van der Waals surface area contributed by atoms with Gasteiger partial charge in [-0.25, -0.2) is 0 Å². The van der Waals surface area contributed by atoms with Gasteiger partial charge in [-0.2, -0.15) is 0 Å². The normalized spacial score (nSPS) is 19.3. The first-order chi connectivity index (χ1) is 8.77. The molecule has 2 nitrogen and oxygen atoms in total. The fourth-order valence-corrected chi connectivity index (χ4v) is 2.79. The monoisotopic (exact) mass is 239 g/mol. The summed E-state index contributed by atoms with van der Waals surface area (Å²) in [5.74, 6) is 0.469. The van der Waals surface area contributed by atoms with Crippen molar-refractivity contribution in [1.29, 1.82) is 0 Å². The number of benzene rings is 1. The van der Waals surface area contributed by atoms with Crippen molar-refractivity contribution in [3.63, 3.8) is 0 Å². The molecule has 0 radical (unpaired) electrons. The van der Waals surface area contributed by atoms with Gasteiger partial charge in [0, 0.05) is 35.6 Å². The largest absolute Gasteiger partial charge is 0.350 e. The van der Waals surface area contributed by atoms with E-state index >= 15 is 0 Å². The van der Waals surface area contributed by atoms with E-state index in [0.29, 0.717) is 5.78 Å². The zero-order chi connectivity index (χ0) is 12.5. The fraction of sp³-hybridized carbons (Fsp3) is 0.312. The van der Waals surface area contributed by atoms with Gasteiger partial charge in [0.2, 0.25) is 0 Å². The Labute approximate surface area is 107 Å². The third-order valence-electron chi connectivity index (χ3n) is 3.80. The summed E-state index contributed by atoms with van der Waals surface area (Å²) < 4.78 is 2.04. The quantitative estimate of drug-likeness (QED) is 0.578. The van der Waals surface area contributed by atoms with Crippen LogP contribution < -0.4 is 0 Å². The zero-order valence-corrected chi connectivity index (χ0v) is 10.6. The molecule has 2 heteroatoms.